The smallest absolute Gasteiger partial charge is 0.317 e. The van der Waals surface area contributed by atoms with Gasteiger partial charge in [-0.2, -0.15) is 0 Å². The summed E-state index contributed by atoms with van der Waals surface area (Å²) in [5.74, 6) is 1.27. The van der Waals surface area contributed by atoms with Gasteiger partial charge >= 0.3 is 6.03 Å². The number of likely N-dealkylation sites (tertiary alicyclic amines) is 1. The van der Waals surface area contributed by atoms with Gasteiger partial charge in [0.1, 0.15) is 17.2 Å². The molecule has 0 unspecified atom stereocenters. The molecule has 1 fully saturated rings. The van der Waals surface area contributed by atoms with Crippen molar-refractivity contribution in [1.29, 1.82) is 0 Å². The summed E-state index contributed by atoms with van der Waals surface area (Å²) in [6.45, 7) is 5.35. The Kier molecular flexibility index (Phi) is 5.86. The Hall–Kier alpha value is -3.07. The van der Waals surface area contributed by atoms with E-state index in [-0.39, 0.29) is 18.0 Å². The predicted molar refractivity (Wildman–Crippen MR) is 115 cm³/mol. The van der Waals surface area contributed by atoms with Crippen molar-refractivity contribution >= 4 is 17.6 Å². The normalized spacial score (nSPS) is 19.7. The zero-order valence-electron chi connectivity index (χ0n) is 18.1. The van der Waals surface area contributed by atoms with Crippen LogP contribution in [0.25, 0.3) is 0 Å². The fourth-order valence-electron chi connectivity index (χ4n) is 4.21. The van der Waals surface area contributed by atoms with Crippen LogP contribution in [0.1, 0.15) is 32.5 Å². The van der Waals surface area contributed by atoms with Crippen LogP contribution in [0.15, 0.2) is 36.7 Å². The van der Waals surface area contributed by atoms with E-state index in [0.717, 1.165) is 5.82 Å². The lowest BCUT2D eigenvalue weighted by Gasteiger charge is -2.45. The highest BCUT2D eigenvalue weighted by Crippen LogP contribution is 2.40. The van der Waals surface area contributed by atoms with Crippen LogP contribution >= 0.6 is 0 Å². The van der Waals surface area contributed by atoms with E-state index < -0.39 is 11.7 Å². The number of carbonyl (C=O) groups excluding carboxylic acids is 2. The second-order valence-corrected chi connectivity index (χ2v) is 8.32. The summed E-state index contributed by atoms with van der Waals surface area (Å²) in [4.78, 5) is 31.7. The Bertz CT molecular complexity index is 949. The molecule has 1 saturated heterocycles. The van der Waals surface area contributed by atoms with Crippen LogP contribution in [-0.4, -0.2) is 58.7 Å². The predicted octanol–water partition coefficient (Wildman–Crippen LogP) is 2.34. The molecule has 2 aliphatic heterocycles. The molecule has 0 radical (unpaired) electrons. The van der Waals surface area contributed by atoms with Crippen molar-refractivity contribution in [1.82, 2.24) is 19.8 Å². The number of piperidine rings is 1. The highest BCUT2D eigenvalue weighted by atomic mass is 16.5. The Morgan fingerprint density at radius 1 is 1.29 bits per heavy atom. The number of hydrogen-bond acceptors (Lipinski definition) is 5. The van der Waals surface area contributed by atoms with Gasteiger partial charge in [-0.05, 0) is 26.0 Å². The van der Waals surface area contributed by atoms with Gasteiger partial charge in [0.25, 0.3) is 5.91 Å². The van der Waals surface area contributed by atoms with Crippen molar-refractivity contribution < 1.29 is 19.1 Å². The number of fused-ring (bicyclic) bond motifs is 2. The average molecular weight is 428 g/mol. The minimum Gasteiger partial charge on any atom is -0.497 e. The molecule has 2 N–H and O–H groups in total. The fraction of sp³-hybridized carbons (Fsp3) is 0.500. The van der Waals surface area contributed by atoms with Gasteiger partial charge in [0.15, 0.2) is 6.10 Å². The maximum atomic E-state index is 13.0. The molecule has 166 valence electrons. The monoisotopic (exact) mass is 427 g/mol. The first-order valence-corrected chi connectivity index (χ1v) is 10.6. The maximum Gasteiger partial charge on any atom is 0.317 e. The number of amides is 3. The summed E-state index contributed by atoms with van der Waals surface area (Å²) in [6, 6.07) is 7.24. The van der Waals surface area contributed by atoms with Gasteiger partial charge in [0.2, 0.25) is 0 Å². The molecule has 2 aromatic rings. The first-order chi connectivity index (χ1) is 14.9. The number of imidazole rings is 1. The number of carbonyl (C=O) groups is 2. The molecule has 31 heavy (non-hydrogen) atoms. The van der Waals surface area contributed by atoms with E-state index in [4.69, 9.17) is 9.47 Å². The number of benzene rings is 1. The largest absolute Gasteiger partial charge is 0.497 e. The lowest BCUT2D eigenvalue weighted by atomic mass is 9.88. The van der Waals surface area contributed by atoms with Gasteiger partial charge in [-0.15, -0.1) is 0 Å². The molecule has 9 heteroatoms. The number of ether oxygens (including phenoxy) is 2. The Morgan fingerprint density at radius 3 is 2.77 bits per heavy atom. The van der Waals surface area contributed by atoms with E-state index in [2.05, 4.69) is 15.6 Å². The minimum atomic E-state index is -0.688. The average Bonchev–Trinajstić information content (AvgIpc) is 3.23. The van der Waals surface area contributed by atoms with E-state index in [1.807, 2.05) is 42.8 Å². The van der Waals surface area contributed by atoms with Gasteiger partial charge in [-0.1, -0.05) is 6.07 Å². The zero-order valence-corrected chi connectivity index (χ0v) is 18.1. The Labute approximate surface area is 181 Å². The number of hydrogen-bond donors (Lipinski definition) is 2. The summed E-state index contributed by atoms with van der Waals surface area (Å²) >= 11 is 0. The Morgan fingerprint density at radius 2 is 2.06 bits per heavy atom. The van der Waals surface area contributed by atoms with E-state index in [1.54, 1.807) is 24.3 Å². The van der Waals surface area contributed by atoms with E-state index in [1.165, 1.54) is 0 Å². The number of rotatable bonds is 4. The van der Waals surface area contributed by atoms with Crippen molar-refractivity contribution in [2.24, 2.45) is 0 Å². The molecule has 4 rings (SSSR count). The number of nitrogens with one attached hydrogen (secondary N) is 2. The number of anilines is 1. The number of nitrogens with zero attached hydrogens (tertiary/aromatic N) is 3. The Balaban J connectivity index is 1.48. The summed E-state index contributed by atoms with van der Waals surface area (Å²) in [5, 5.41) is 5.86. The molecule has 0 saturated carbocycles. The van der Waals surface area contributed by atoms with Gasteiger partial charge in [-0.25, -0.2) is 9.78 Å². The third-order valence-corrected chi connectivity index (χ3v) is 5.75. The van der Waals surface area contributed by atoms with Crippen molar-refractivity contribution in [2.45, 2.75) is 51.0 Å². The molecule has 1 aromatic carbocycles. The first kappa shape index (κ1) is 21.2. The fourth-order valence-corrected chi connectivity index (χ4v) is 4.21. The van der Waals surface area contributed by atoms with Gasteiger partial charge in [0, 0.05) is 56.1 Å². The molecule has 1 atom stereocenters. The summed E-state index contributed by atoms with van der Waals surface area (Å²) in [6.07, 6.45) is 4.12. The molecule has 2 aliphatic rings. The van der Waals surface area contributed by atoms with Crippen LogP contribution in [0.4, 0.5) is 10.5 Å². The molecule has 0 bridgehead atoms. The molecule has 3 heterocycles. The summed E-state index contributed by atoms with van der Waals surface area (Å²) < 4.78 is 13.6. The maximum absolute atomic E-state index is 13.0. The van der Waals surface area contributed by atoms with Crippen molar-refractivity contribution in [3.8, 4) is 5.75 Å². The first-order valence-electron chi connectivity index (χ1n) is 10.6. The second kappa shape index (κ2) is 8.58. The quantitative estimate of drug-likeness (QED) is 0.781. The highest BCUT2D eigenvalue weighted by molar-refractivity contribution is 5.94. The standard InChI is InChI=1S/C22H29N5O4/c1-15(2)24-21(29)26-10-7-22(8-11-26)20-23-9-12-27(20)14-18(31-22)19(28)25-16-5-4-6-17(13-16)30-3/h4-6,9,12-13,15,18H,7-8,10-11,14H2,1-3H3,(H,24,29)(H,25,28)/t18-/m0/s1. The number of aromatic nitrogens is 2. The summed E-state index contributed by atoms with van der Waals surface area (Å²) in [5.41, 5.74) is -0.0363. The zero-order chi connectivity index (χ0) is 22.0. The van der Waals surface area contributed by atoms with E-state index >= 15 is 0 Å². The number of urea groups is 1. The van der Waals surface area contributed by atoms with Crippen LogP contribution < -0.4 is 15.4 Å². The molecular weight excluding hydrogens is 398 g/mol. The molecule has 3 amide bonds. The number of methoxy groups -OCH3 is 1. The molecule has 9 nitrogen and oxygen atoms in total. The SMILES string of the molecule is COc1cccc(NC(=O)[C@@H]2Cn3ccnc3C3(CCN(C(=O)NC(C)C)CC3)O2)c1. The van der Waals surface area contributed by atoms with Crippen LogP contribution in [0.5, 0.6) is 5.75 Å². The lowest BCUT2D eigenvalue weighted by Crippen LogP contribution is -2.55. The third kappa shape index (κ3) is 4.36. The van der Waals surface area contributed by atoms with Crippen LogP contribution in [0, 0.1) is 0 Å². The van der Waals surface area contributed by atoms with Gasteiger partial charge in [-0.3, -0.25) is 4.79 Å². The second-order valence-electron chi connectivity index (χ2n) is 8.32. The summed E-state index contributed by atoms with van der Waals surface area (Å²) in [7, 11) is 1.59. The van der Waals surface area contributed by atoms with Crippen molar-refractivity contribution in [3.05, 3.63) is 42.5 Å². The van der Waals surface area contributed by atoms with Gasteiger partial charge < -0.3 is 29.6 Å². The van der Waals surface area contributed by atoms with Crippen molar-refractivity contribution in [2.75, 3.05) is 25.5 Å². The molecular formula is C22H29N5O4. The molecule has 1 aromatic heterocycles. The van der Waals surface area contributed by atoms with Crippen LogP contribution in [-0.2, 0) is 21.7 Å². The lowest BCUT2D eigenvalue weighted by molar-refractivity contribution is -0.167. The van der Waals surface area contributed by atoms with E-state index in [9.17, 15) is 9.59 Å². The third-order valence-electron chi connectivity index (χ3n) is 5.75. The molecule has 1 spiro atoms. The minimum absolute atomic E-state index is 0.0729. The highest BCUT2D eigenvalue weighted by Gasteiger charge is 2.47. The van der Waals surface area contributed by atoms with Gasteiger partial charge in [0.05, 0.1) is 13.7 Å². The van der Waals surface area contributed by atoms with Crippen LogP contribution in [0.2, 0.25) is 0 Å². The van der Waals surface area contributed by atoms with E-state index in [0.29, 0.717) is 43.9 Å². The van der Waals surface area contributed by atoms with Crippen molar-refractivity contribution in [3.63, 3.8) is 0 Å². The molecule has 0 aliphatic carbocycles. The van der Waals surface area contributed by atoms with Crippen LogP contribution in [0.3, 0.4) is 0 Å². The topological polar surface area (TPSA) is 97.7 Å².